The standard InChI is InChI=1S/C18H22BrN3.C6H11NO2/c1-13-6-9-17(20-13)14(2)21-18-12-15(7-8-16(18)19)22-10-4-3-5-11-22;1-5(8)9-6-3-7(2)4-6/h7-9,12,21H,2-6,10-11H2,1H3;6H,3-4H2,1-2H3. The first-order valence-corrected chi connectivity index (χ1v) is 11.7. The monoisotopic (exact) mass is 488 g/mol. The molecule has 6 nitrogen and oxygen atoms in total. The van der Waals surface area contributed by atoms with Crippen molar-refractivity contribution in [2.45, 2.75) is 45.6 Å². The van der Waals surface area contributed by atoms with Gasteiger partial charge in [-0.1, -0.05) is 12.7 Å². The second-order valence-electron chi connectivity index (χ2n) is 8.41. The Morgan fingerprint density at radius 3 is 2.55 bits per heavy atom. The number of nitrogens with one attached hydrogen (secondary N) is 1. The van der Waals surface area contributed by atoms with Gasteiger partial charge in [0.1, 0.15) is 6.10 Å². The van der Waals surface area contributed by atoms with E-state index in [9.17, 15) is 4.79 Å². The fourth-order valence-corrected chi connectivity index (χ4v) is 4.21. The number of halogens is 1. The van der Waals surface area contributed by atoms with Crippen LogP contribution in [0.25, 0.3) is 0 Å². The Morgan fingerprint density at radius 2 is 1.97 bits per heavy atom. The predicted molar refractivity (Wildman–Crippen MR) is 132 cm³/mol. The predicted octanol–water partition coefficient (Wildman–Crippen LogP) is 4.98. The van der Waals surface area contributed by atoms with Crippen molar-refractivity contribution in [2.24, 2.45) is 4.99 Å². The molecule has 0 aliphatic carbocycles. The largest absolute Gasteiger partial charge is 0.460 e. The number of esters is 1. The highest BCUT2D eigenvalue weighted by Gasteiger charge is 2.25. The molecule has 1 N–H and O–H groups in total. The maximum absolute atomic E-state index is 10.3. The molecular formula is C24H33BrN4O2. The lowest BCUT2D eigenvalue weighted by Crippen LogP contribution is -2.50. The third-order valence-corrected chi connectivity index (χ3v) is 6.22. The molecule has 1 aromatic rings. The Bertz CT molecular complexity index is 868. The van der Waals surface area contributed by atoms with Gasteiger partial charge in [-0.15, -0.1) is 0 Å². The van der Waals surface area contributed by atoms with Crippen molar-refractivity contribution in [3.63, 3.8) is 0 Å². The lowest BCUT2D eigenvalue weighted by Gasteiger charge is -2.34. The average Bonchev–Trinajstić information content (AvgIpc) is 3.16. The van der Waals surface area contributed by atoms with Crippen molar-refractivity contribution in [1.82, 2.24) is 4.90 Å². The maximum Gasteiger partial charge on any atom is 0.302 e. The SMILES string of the molecule is C=C(Nc1cc(N2CCCCC2)ccc1Br)C1=CCC(C)=N1.CC(=O)OC1CN(C)C1. The lowest BCUT2D eigenvalue weighted by molar-refractivity contribution is -0.153. The Morgan fingerprint density at radius 1 is 1.26 bits per heavy atom. The molecule has 0 saturated carbocycles. The van der Waals surface area contributed by atoms with Gasteiger partial charge in [0.2, 0.25) is 0 Å². The molecule has 31 heavy (non-hydrogen) atoms. The van der Waals surface area contributed by atoms with Gasteiger partial charge in [-0.25, -0.2) is 0 Å². The summed E-state index contributed by atoms with van der Waals surface area (Å²) in [4.78, 5) is 19.4. The highest BCUT2D eigenvalue weighted by molar-refractivity contribution is 9.10. The lowest BCUT2D eigenvalue weighted by atomic mass is 10.1. The number of nitrogens with zero attached hydrogens (tertiary/aromatic N) is 3. The van der Waals surface area contributed by atoms with Gasteiger partial charge in [-0.2, -0.15) is 0 Å². The molecule has 0 aromatic heterocycles. The zero-order chi connectivity index (χ0) is 22.4. The van der Waals surface area contributed by atoms with Gasteiger partial charge in [-0.3, -0.25) is 14.7 Å². The number of rotatable bonds is 5. The third-order valence-electron chi connectivity index (χ3n) is 5.53. The first-order valence-electron chi connectivity index (χ1n) is 10.9. The fraction of sp³-hybridized carbons (Fsp3) is 0.500. The van der Waals surface area contributed by atoms with Crippen molar-refractivity contribution in [3.8, 4) is 0 Å². The van der Waals surface area contributed by atoms with E-state index in [-0.39, 0.29) is 12.1 Å². The zero-order valence-corrected chi connectivity index (χ0v) is 20.4. The summed E-state index contributed by atoms with van der Waals surface area (Å²) in [5.41, 5.74) is 5.27. The highest BCUT2D eigenvalue weighted by Crippen LogP contribution is 2.31. The molecule has 168 valence electrons. The van der Waals surface area contributed by atoms with Crippen LogP contribution in [0.15, 0.2) is 51.7 Å². The third kappa shape index (κ3) is 6.94. The van der Waals surface area contributed by atoms with Crippen LogP contribution in [-0.2, 0) is 9.53 Å². The molecule has 7 heteroatoms. The van der Waals surface area contributed by atoms with Crippen molar-refractivity contribution >= 4 is 39.0 Å². The molecule has 3 aliphatic rings. The summed E-state index contributed by atoms with van der Waals surface area (Å²) in [6.07, 6.45) is 7.12. The van der Waals surface area contributed by atoms with Gasteiger partial charge >= 0.3 is 5.97 Å². The highest BCUT2D eigenvalue weighted by atomic mass is 79.9. The summed E-state index contributed by atoms with van der Waals surface area (Å²) in [5, 5.41) is 3.41. The van der Waals surface area contributed by atoms with Crippen LogP contribution in [0.1, 0.15) is 39.5 Å². The van der Waals surface area contributed by atoms with E-state index < -0.39 is 0 Å². The maximum atomic E-state index is 10.3. The number of anilines is 2. The summed E-state index contributed by atoms with van der Waals surface area (Å²) >= 11 is 3.63. The zero-order valence-electron chi connectivity index (χ0n) is 18.8. The van der Waals surface area contributed by atoms with Crippen LogP contribution >= 0.6 is 15.9 Å². The van der Waals surface area contributed by atoms with E-state index >= 15 is 0 Å². The molecule has 0 atom stereocenters. The van der Waals surface area contributed by atoms with Gasteiger partial charge in [-0.05, 0) is 67.4 Å². The van der Waals surface area contributed by atoms with Crippen LogP contribution in [0.5, 0.6) is 0 Å². The van der Waals surface area contributed by atoms with E-state index in [1.165, 1.54) is 31.9 Å². The number of ether oxygens (including phenoxy) is 1. The number of hydrogen-bond donors (Lipinski definition) is 1. The van der Waals surface area contributed by atoms with Crippen molar-refractivity contribution in [3.05, 3.63) is 46.7 Å². The first-order chi connectivity index (χ1) is 14.8. The second kappa shape index (κ2) is 11.0. The number of aliphatic imine (C=N–C) groups is 1. The van der Waals surface area contributed by atoms with E-state index in [1.54, 1.807) is 0 Å². The Balaban J connectivity index is 0.000000254. The normalized spacial score (nSPS) is 18.9. The number of benzene rings is 1. The van der Waals surface area contributed by atoms with E-state index in [0.717, 1.165) is 59.9 Å². The Kier molecular flexibility index (Phi) is 8.32. The topological polar surface area (TPSA) is 57.2 Å². The molecule has 2 fully saturated rings. The molecular weight excluding hydrogens is 456 g/mol. The van der Waals surface area contributed by atoms with Crippen molar-refractivity contribution < 1.29 is 9.53 Å². The number of hydrogen-bond acceptors (Lipinski definition) is 6. The molecule has 0 bridgehead atoms. The van der Waals surface area contributed by atoms with Gasteiger partial charge in [0.25, 0.3) is 0 Å². The first kappa shape index (κ1) is 23.5. The molecule has 0 unspecified atom stereocenters. The molecule has 0 spiro atoms. The van der Waals surface area contributed by atoms with Gasteiger partial charge in [0.15, 0.2) is 0 Å². The van der Waals surface area contributed by atoms with Gasteiger partial charge in [0.05, 0.1) is 17.1 Å². The molecule has 2 saturated heterocycles. The van der Waals surface area contributed by atoms with Crippen LogP contribution in [0.3, 0.4) is 0 Å². The summed E-state index contributed by atoms with van der Waals surface area (Å²) in [6, 6.07) is 6.49. The number of allylic oxidation sites excluding steroid dienone is 1. The molecule has 1 aromatic carbocycles. The summed E-state index contributed by atoms with van der Waals surface area (Å²) in [6.45, 7) is 11.7. The van der Waals surface area contributed by atoms with Crippen LogP contribution in [0.4, 0.5) is 11.4 Å². The quantitative estimate of drug-likeness (QED) is 0.592. The average molecular weight is 489 g/mol. The number of likely N-dealkylation sites (tertiary alicyclic amines) is 1. The minimum atomic E-state index is -0.173. The van der Waals surface area contributed by atoms with Crippen LogP contribution < -0.4 is 10.2 Å². The van der Waals surface area contributed by atoms with Gasteiger partial charge in [0, 0.05) is 55.4 Å². The summed E-state index contributed by atoms with van der Waals surface area (Å²) < 4.78 is 5.93. The summed E-state index contributed by atoms with van der Waals surface area (Å²) in [5.74, 6) is -0.173. The number of carbonyl (C=O) groups excluding carboxylic acids is 1. The molecule has 3 heterocycles. The Labute approximate surface area is 194 Å². The molecule has 4 rings (SSSR count). The van der Waals surface area contributed by atoms with Crippen molar-refractivity contribution in [1.29, 1.82) is 0 Å². The molecule has 0 amide bonds. The second-order valence-corrected chi connectivity index (χ2v) is 9.26. The van der Waals surface area contributed by atoms with Crippen LogP contribution in [-0.4, -0.2) is 55.9 Å². The van der Waals surface area contributed by atoms with Crippen molar-refractivity contribution in [2.75, 3.05) is 43.4 Å². The number of piperidine rings is 1. The van der Waals surface area contributed by atoms with Gasteiger partial charge < -0.3 is 15.0 Å². The van der Waals surface area contributed by atoms with E-state index in [1.807, 2.05) is 14.0 Å². The molecule has 0 radical (unpaired) electrons. The number of likely N-dealkylation sites (N-methyl/N-ethyl adjacent to an activating group) is 1. The minimum Gasteiger partial charge on any atom is -0.460 e. The van der Waals surface area contributed by atoms with E-state index in [0.29, 0.717) is 0 Å². The van der Waals surface area contributed by atoms with E-state index in [4.69, 9.17) is 4.74 Å². The van der Waals surface area contributed by atoms with Crippen LogP contribution in [0, 0.1) is 0 Å². The summed E-state index contributed by atoms with van der Waals surface area (Å²) in [7, 11) is 2.00. The molecule has 3 aliphatic heterocycles. The van der Waals surface area contributed by atoms with E-state index in [2.05, 4.69) is 66.9 Å². The smallest absolute Gasteiger partial charge is 0.302 e. The fourth-order valence-electron chi connectivity index (χ4n) is 3.87. The van der Waals surface area contributed by atoms with Crippen LogP contribution in [0.2, 0.25) is 0 Å². The minimum absolute atomic E-state index is 0.160. The Hall–Kier alpha value is -2.12. The number of carbonyl (C=O) groups is 1.